The Labute approximate surface area is 121 Å². The van der Waals surface area contributed by atoms with Crippen LogP contribution in [0.15, 0.2) is 23.1 Å². The maximum absolute atomic E-state index is 11.5. The Bertz CT molecular complexity index is 543. The van der Waals surface area contributed by atoms with Gasteiger partial charge in [-0.1, -0.05) is 19.9 Å². The summed E-state index contributed by atoms with van der Waals surface area (Å²) >= 11 is 0. The van der Waals surface area contributed by atoms with E-state index in [9.17, 15) is 13.5 Å². The Morgan fingerprint density at radius 1 is 1.30 bits per heavy atom. The molecule has 1 rings (SSSR count). The van der Waals surface area contributed by atoms with Crippen LogP contribution in [0.3, 0.4) is 0 Å². The van der Waals surface area contributed by atoms with Gasteiger partial charge in [-0.25, -0.2) is 13.6 Å². The van der Waals surface area contributed by atoms with Crippen molar-refractivity contribution in [3.8, 4) is 0 Å². The molecular weight excluding hydrogens is 276 g/mol. The van der Waals surface area contributed by atoms with Crippen molar-refractivity contribution in [2.75, 3.05) is 18.5 Å². The summed E-state index contributed by atoms with van der Waals surface area (Å²) in [6.45, 7) is 6.48. The molecule has 5 nitrogen and oxygen atoms in total. The predicted octanol–water partition coefficient (Wildman–Crippen LogP) is 1.85. The maximum Gasteiger partial charge on any atom is 0.238 e. The summed E-state index contributed by atoms with van der Waals surface area (Å²) in [6, 6.07) is 4.97. The average Bonchev–Trinajstić information content (AvgIpc) is 2.41. The lowest BCUT2D eigenvalue weighted by Gasteiger charge is -2.30. The second kappa shape index (κ2) is 6.56. The predicted molar refractivity (Wildman–Crippen MR) is 81.1 cm³/mol. The normalized spacial score (nSPS) is 12.4. The molecule has 6 heteroatoms. The molecule has 0 heterocycles. The zero-order valence-corrected chi connectivity index (χ0v) is 13.1. The van der Waals surface area contributed by atoms with Crippen LogP contribution in [0, 0.1) is 12.3 Å². The molecule has 0 saturated carbocycles. The highest BCUT2D eigenvalue weighted by Crippen LogP contribution is 2.28. The zero-order valence-electron chi connectivity index (χ0n) is 12.3. The third kappa shape index (κ3) is 3.71. The summed E-state index contributed by atoms with van der Waals surface area (Å²) in [4.78, 5) is 0.130. The van der Waals surface area contributed by atoms with E-state index in [1.165, 1.54) is 6.07 Å². The fourth-order valence-electron chi connectivity index (χ4n) is 2.18. The third-order valence-corrected chi connectivity index (χ3v) is 5.14. The number of anilines is 1. The first-order chi connectivity index (χ1) is 9.29. The van der Waals surface area contributed by atoms with Gasteiger partial charge in [-0.15, -0.1) is 0 Å². The first kappa shape index (κ1) is 16.9. The number of sulfonamides is 1. The van der Waals surface area contributed by atoms with Gasteiger partial charge in [-0.2, -0.15) is 0 Å². The molecule has 0 unspecified atom stereocenters. The van der Waals surface area contributed by atoms with Gasteiger partial charge in [0.1, 0.15) is 0 Å². The van der Waals surface area contributed by atoms with E-state index in [1.54, 1.807) is 13.0 Å². The summed E-state index contributed by atoms with van der Waals surface area (Å²) in [7, 11) is -3.72. The van der Waals surface area contributed by atoms with Crippen molar-refractivity contribution in [1.82, 2.24) is 0 Å². The molecule has 0 aliphatic heterocycles. The molecule has 0 radical (unpaired) electrons. The minimum atomic E-state index is -3.72. The van der Waals surface area contributed by atoms with E-state index in [0.717, 1.165) is 18.5 Å². The van der Waals surface area contributed by atoms with Crippen LogP contribution in [-0.2, 0) is 10.0 Å². The summed E-state index contributed by atoms with van der Waals surface area (Å²) < 4.78 is 23.0. The van der Waals surface area contributed by atoms with Crippen LogP contribution >= 0.6 is 0 Å². The van der Waals surface area contributed by atoms with Gasteiger partial charge in [0.25, 0.3) is 0 Å². The van der Waals surface area contributed by atoms with Crippen molar-refractivity contribution in [3.05, 3.63) is 23.8 Å². The highest BCUT2D eigenvalue weighted by Gasteiger charge is 2.25. The SMILES string of the molecule is CCC(CC)(CO)CNc1cccc(S(N)(=O)=O)c1C. The van der Waals surface area contributed by atoms with Gasteiger partial charge in [0, 0.05) is 17.6 Å². The second-order valence-corrected chi connectivity index (χ2v) is 6.72. The van der Waals surface area contributed by atoms with E-state index in [0.29, 0.717) is 12.1 Å². The highest BCUT2D eigenvalue weighted by molar-refractivity contribution is 7.89. The molecule has 1 aromatic carbocycles. The van der Waals surface area contributed by atoms with Crippen LogP contribution in [-0.4, -0.2) is 26.7 Å². The van der Waals surface area contributed by atoms with Crippen LogP contribution < -0.4 is 10.5 Å². The smallest absolute Gasteiger partial charge is 0.238 e. The van der Waals surface area contributed by atoms with Gasteiger partial charge in [-0.05, 0) is 37.5 Å². The number of hydrogen-bond donors (Lipinski definition) is 3. The lowest BCUT2D eigenvalue weighted by atomic mass is 9.83. The number of hydrogen-bond acceptors (Lipinski definition) is 4. The number of nitrogens with one attached hydrogen (secondary N) is 1. The van der Waals surface area contributed by atoms with Gasteiger partial charge in [0.05, 0.1) is 11.5 Å². The van der Waals surface area contributed by atoms with Gasteiger partial charge in [0.2, 0.25) is 10.0 Å². The number of benzene rings is 1. The second-order valence-electron chi connectivity index (χ2n) is 5.19. The van der Waals surface area contributed by atoms with Crippen molar-refractivity contribution in [1.29, 1.82) is 0 Å². The Hall–Kier alpha value is -1.11. The maximum atomic E-state index is 11.5. The van der Waals surface area contributed by atoms with Crippen LogP contribution in [0.1, 0.15) is 32.3 Å². The van der Waals surface area contributed by atoms with Crippen LogP contribution in [0.2, 0.25) is 0 Å². The number of aliphatic hydroxyl groups excluding tert-OH is 1. The molecule has 0 spiro atoms. The van der Waals surface area contributed by atoms with E-state index in [1.807, 2.05) is 19.9 Å². The van der Waals surface area contributed by atoms with Gasteiger partial charge in [-0.3, -0.25) is 0 Å². The Morgan fingerprint density at radius 2 is 1.90 bits per heavy atom. The fraction of sp³-hybridized carbons (Fsp3) is 0.571. The molecule has 0 aliphatic rings. The highest BCUT2D eigenvalue weighted by atomic mass is 32.2. The monoisotopic (exact) mass is 300 g/mol. The van der Waals surface area contributed by atoms with Crippen molar-refractivity contribution >= 4 is 15.7 Å². The molecule has 0 aromatic heterocycles. The Morgan fingerprint density at radius 3 is 2.35 bits per heavy atom. The van der Waals surface area contributed by atoms with Crippen LogP contribution in [0.5, 0.6) is 0 Å². The van der Waals surface area contributed by atoms with E-state index in [-0.39, 0.29) is 16.9 Å². The molecule has 0 saturated heterocycles. The van der Waals surface area contributed by atoms with E-state index >= 15 is 0 Å². The number of aliphatic hydroxyl groups is 1. The molecule has 114 valence electrons. The van der Waals surface area contributed by atoms with E-state index in [4.69, 9.17) is 5.14 Å². The quantitative estimate of drug-likeness (QED) is 0.716. The topological polar surface area (TPSA) is 92.4 Å². The molecular formula is C14H24N2O3S. The van der Waals surface area contributed by atoms with Crippen molar-refractivity contribution in [3.63, 3.8) is 0 Å². The summed E-state index contributed by atoms with van der Waals surface area (Å²) in [5.41, 5.74) is 1.15. The van der Waals surface area contributed by atoms with E-state index < -0.39 is 10.0 Å². The summed E-state index contributed by atoms with van der Waals surface area (Å²) in [5, 5.41) is 18.0. The first-order valence-corrected chi connectivity index (χ1v) is 8.31. The molecule has 0 atom stereocenters. The van der Waals surface area contributed by atoms with Gasteiger partial charge in [0.15, 0.2) is 0 Å². The van der Waals surface area contributed by atoms with Crippen LogP contribution in [0.25, 0.3) is 0 Å². The Kier molecular flexibility index (Phi) is 5.56. The third-order valence-electron chi connectivity index (χ3n) is 4.08. The first-order valence-electron chi connectivity index (χ1n) is 6.77. The summed E-state index contributed by atoms with van der Waals surface area (Å²) in [5.74, 6) is 0. The molecule has 0 amide bonds. The van der Waals surface area contributed by atoms with Crippen molar-refractivity contribution in [2.24, 2.45) is 10.6 Å². The van der Waals surface area contributed by atoms with Crippen LogP contribution in [0.4, 0.5) is 5.69 Å². The molecule has 20 heavy (non-hydrogen) atoms. The van der Waals surface area contributed by atoms with Crippen molar-refractivity contribution in [2.45, 2.75) is 38.5 Å². The molecule has 1 aromatic rings. The van der Waals surface area contributed by atoms with Gasteiger partial charge >= 0.3 is 0 Å². The average molecular weight is 300 g/mol. The summed E-state index contributed by atoms with van der Waals surface area (Å²) in [6.07, 6.45) is 1.70. The van der Waals surface area contributed by atoms with Gasteiger partial charge < -0.3 is 10.4 Å². The molecule has 0 fully saturated rings. The number of rotatable bonds is 7. The number of nitrogens with two attached hydrogens (primary N) is 1. The lowest BCUT2D eigenvalue weighted by molar-refractivity contribution is 0.127. The largest absolute Gasteiger partial charge is 0.396 e. The fourth-order valence-corrected chi connectivity index (χ4v) is 2.98. The minimum Gasteiger partial charge on any atom is -0.396 e. The lowest BCUT2D eigenvalue weighted by Crippen LogP contribution is -2.32. The minimum absolute atomic E-state index is 0.0981. The standard InChI is InChI=1S/C14H24N2O3S/c1-4-14(5-2,10-17)9-16-12-7-6-8-13(11(12)3)20(15,18)19/h6-8,16-17H,4-5,9-10H2,1-3H3,(H2,15,18,19). The molecule has 4 N–H and O–H groups in total. The van der Waals surface area contributed by atoms with E-state index in [2.05, 4.69) is 5.32 Å². The van der Waals surface area contributed by atoms with Crippen molar-refractivity contribution < 1.29 is 13.5 Å². The Balaban J connectivity index is 3.00. The zero-order chi connectivity index (χ0) is 15.4. The molecule has 0 aliphatic carbocycles. The number of primary sulfonamides is 1. The molecule has 0 bridgehead atoms.